The van der Waals surface area contributed by atoms with Gasteiger partial charge in [-0.2, -0.15) is 0 Å². The Bertz CT molecular complexity index is 881. The Morgan fingerprint density at radius 3 is 2.41 bits per heavy atom. The van der Waals surface area contributed by atoms with E-state index in [0.717, 1.165) is 0 Å². The zero-order valence-corrected chi connectivity index (χ0v) is 12.5. The van der Waals surface area contributed by atoms with Gasteiger partial charge in [-0.25, -0.2) is 4.68 Å². The number of benzene rings is 1. The normalized spacial score (nSPS) is 10.9. The predicted molar refractivity (Wildman–Crippen MR) is 80.5 cm³/mol. The number of nitrogens with one attached hydrogen (secondary N) is 1. The second-order valence-corrected chi connectivity index (χ2v) is 5.12. The summed E-state index contributed by atoms with van der Waals surface area (Å²) < 4.78 is 6.38. The molecular weight excluding hydrogens is 282 g/mol. The van der Waals surface area contributed by atoms with Crippen LogP contribution in [0.3, 0.4) is 0 Å². The summed E-state index contributed by atoms with van der Waals surface area (Å²) >= 11 is 0. The van der Waals surface area contributed by atoms with Crippen molar-refractivity contribution >= 4 is 5.78 Å². The summed E-state index contributed by atoms with van der Waals surface area (Å²) in [5, 5.41) is 6.72. The van der Waals surface area contributed by atoms with Crippen molar-refractivity contribution in [2.75, 3.05) is 0 Å². The predicted octanol–water partition coefficient (Wildman–Crippen LogP) is 2.31. The topological polar surface area (TPSA) is 80.9 Å². The molecule has 0 unspecified atom stereocenters. The third-order valence-electron chi connectivity index (χ3n) is 3.57. The molecule has 112 valence electrons. The summed E-state index contributed by atoms with van der Waals surface area (Å²) in [5.74, 6) is 0.0402. The van der Waals surface area contributed by atoms with Crippen LogP contribution in [0.25, 0.3) is 5.69 Å². The Morgan fingerprint density at radius 2 is 1.82 bits per heavy atom. The Balaban J connectivity index is 2.16. The van der Waals surface area contributed by atoms with Crippen LogP contribution in [-0.4, -0.2) is 20.7 Å². The van der Waals surface area contributed by atoms with Gasteiger partial charge in [0.2, 0.25) is 5.78 Å². The third kappa shape index (κ3) is 2.09. The van der Waals surface area contributed by atoms with Gasteiger partial charge in [-0.1, -0.05) is 23.4 Å². The van der Waals surface area contributed by atoms with Crippen LogP contribution in [0.5, 0.6) is 0 Å². The van der Waals surface area contributed by atoms with Crippen molar-refractivity contribution < 1.29 is 9.32 Å². The molecule has 0 radical (unpaired) electrons. The lowest BCUT2D eigenvalue weighted by Gasteiger charge is -1.99. The minimum atomic E-state index is -0.381. The lowest BCUT2D eigenvalue weighted by Crippen LogP contribution is -2.21. The maximum atomic E-state index is 12.7. The number of carbonyl (C=O) groups excluding carboxylic acids is 1. The van der Waals surface area contributed by atoms with Crippen LogP contribution < -0.4 is 5.56 Å². The summed E-state index contributed by atoms with van der Waals surface area (Å²) in [6.07, 6.45) is 0. The Morgan fingerprint density at radius 1 is 1.14 bits per heavy atom. The summed E-state index contributed by atoms with van der Waals surface area (Å²) in [4.78, 5) is 25.3. The molecule has 0 saturated carbocycles. The molecule has 0 aliphatic carbocycles. The van der Waals surface area contributed by atoms with E-state index in [0.29, 0.717) is 28.4 Å². The number of H-pyrrole nitrogens is 1. The van der Waals surface area contributed by atoms with Gasteiger partial charge in [0, 0.05) is 5.69 Å². The van der Waals surface area contributed by atoms with Crippen LogP contribution in [0.1, 0.15) is 33.1 Å². The Kier molecular flexibility index (Phi) is 3.29. The zero-order chi connectivity index (χ0) is 15.9. The number of aromatic nitrogens is 3. The van der Waals surface area contributed by atoms with E-state index in [1.54, 1.807) is 32.9 Å². The molecule has 0 saturated heterocycles. The maximum absolute atomic E-state index is 12.7. The highest BCUT2D eigenvalue weighted by Crippen LogP contribution is 2.18. The van der Waals surface area contributed by atoms with E-state index in [1.807, 2.05) is 18.2 Å². The summed E-state index contributed by atoms with van der Waals surface area (Å²) in [5.41, 5.74) is 1.74. The van der Waals surface area contributed by atoms with Crippen molar-refractivity contribution in [3.05, 3.63) is 69.0 Å². The number of hydrogen-bond acceptors (Lipinski definition) is 4. The molecule has 1 aromatic carbocycles. The van der Waals surface area contributed by atoms with E-state index in [2.05, 4.69) is 10.3 Å². The number of hydrogen-bond donors (Lipinski definition) is 1. The second kappa shape index (κ2) is 5.14. The number of aryl methyl sites for hydroxylation is 3. The molecule has 0 spiro atoms. The highest BCUT2D eigenvalue weighted by molar-refractivity contribution is 6.10. The first-order chi connectivity index (χ1) is 10.5. The first-order valence-corrected chi connectivity index (χ1v) is 6.85. The van der Waals surface area contributed by atoms with E-state index in [1.165, 1.54) is 4.68 Å². The summed E-state index contributed by atoms with van der Waals surface area (Å²) in [7, 11) is 0. The first-order valence-electron chi connectivity index (χ1n) is 6.85. The molecule has 0 atom stereocenters. The van der Waals surface area contributed by atoms with Gasteiger partial charge in [0.15, 0.2) is 0 Å². The number of para-hydroxylation sites is 1. The molecule has 6 heteroatoms. The first kappa shape index (κ1) is 14.1. The second-order valence-electron chi connectivity index (χ2n) is 5.12. The largest absolute Gasteiger partial charge is 0.361 e. The van der Waals surface area contributed by atoms with Crippen molar-refractivity contribution in [2.24, 2.45) is 0 Å². The quantitative estimate of drug-likeness (QED) is 0.752. The van der Waals surface area contributed by atoms with Crippen molar-refractivity contribution in [3.63, 3.8) is 0 Å². The third-order valence-corrected chi connectivity index (χ3v) is 3.57. The van der Waals surface area contributed by atoms with Crippen LogP contribution in [-0.2, 0) is 0 Å². The minimum Gasteiger partial charge on any atom is -0.361 e. The van der Waals surface area contributed by atoms with Crippen LogP contribution in [0.2, 0.25) is 0 Å². The molecule has 0 aliphatic heterocycles. The minimum absolute atomic E-state index is 0.109. The molecule has 0 bridgehead atoms. The van der Waals surface area contributed by atoms with E-state index in [9.17, 15) is 9.59 Å². The molecule has 3 rings (SSSR count). The molecule has 1 N–H and O–H groups in total. The average Bonchev–Trinajstić information content (AvgIpc) is 2.99. The lowest BCUT2D eigenvalue weighted by atomic mass is 10.0. The number of ketones is 1. The van der Waals surface area contributed by atoms with Gasteiger partial charge in [0.1, 0.15) is 11.3 Å². The van der Waals surface area contributed by atoms with Crippen molar-refractivity contribution in [3.8, 4) is 5.69 Å². The molecule has 6 nitrogen and oxygen atoms in total. The van der Waals surface area contributed by atoms with E-state index in [-0.39, 0.29) is 16.9 Å². The molecule has 3 aromatic rings. The maximum Gasteiger partial charge on any atom is 0.282 e. The van der Waals surface area contributed by atoms with Gasteiger partial charge in [-0.05, 0) is 32.9 Å². The van der Waals surface area contributed by atoms with Gasteiger partial charge >= 0.3 is 0 Å². The SMILES string of the molecule is Cc1noc(C)c1C(=O)c1c(C)[nH]n(-c2ccccc2)c1=O. The summed E-state index contributed by atoms with van der Waals surface area (Å²) in [6.45, 7) is 5.04. The number of carbonyl (C=O) groups is 1. The van der Waals surface area contributed by atoms with E-state index in [4.69, 9.17) is 4.52 Å². The fourth-order valence-corrected chi connectivity index (χ4v) is 2.51. The fraction of sp³-hybridized carbons (Fsp3) is 0.188. The molecule has 0 aliphatic rings. The van der Waals surface area contributed by atoms with Gasteiger partial charge in [0.25, 0.3) is 5.56 Å². The van der Waals surface area contributed by atoms with Crippen molar-refractivity contribution in [1.82, 2.24) is 14.9 Å². The van der Waals surface area contributed by atoms with Crippen molar-refractivity contribution in [1.29, 1.82) is 0 Å². The van der Waals surface area contributed by atoms with Crippen LogP contribution in [0, 0.1) is 20.8 Å². The molecular formula is C16H15N3O3. The summed E-state index contributed by atoms with van der Waals surface area (Å²) in [6, 6.07) is 9.10. The Labute approximate surface area is 126 Å². The molecule has 0 fully saturated rings. The van der Waals surface area contributed by atoms with E-state index < -0.39 is 0 Å². The van der Waals surface area contributed by atoms with Crippen LogP contribution in [0.4, 0.5) is 0 Å². The number of aromatic amines is 1. The standard InChI is InChI=1S/C16H15N3O3/c1-9-14(15(20)13-10(2)18-22-11(13)3)16(21)19(17-9)12-7-5-4-6-8-12/h4-8,17H,1-3H3. The van der Waals surface area contributed by atoms with Crippen molar-refractivity contribution in [2.45, 2.75) is 20.8 Å². The van der Waals surface area contributed by atoms with Gasteiger partial charge in [-0.15, -0.1) is 0 Å². The molecule has 2 aromatic heterocycles. The van der Waals surface area contributed by atoms with Crippen LogP contribution in [0.15, 0.2) is 39.6 Å². The molecule has 2 heterocycles. The highest BCUT2D eigenvalue weighted by Gasteiger charge is 2.26. The van der Waals surface area contributed by atoms with Crippen LogP contribution >= 0.6 is 0 Å². The monoisotopic (exact) mass is 297 g/mol. The highest BCUT2D eigenvalue weighted by atomic mass is 16.5. The lowest BCUT2D eigenvalue weighted by molar-refractivity contribution is 0.103. The molecule has 22 heavy (non-hydrogen) atoms. The smallest absolute Gasteiger partial charge is 0.282 e. The number of rotatable bonds is 3. The van der Waals surface area contributed by atoms with E-state index >= 15 is 0 Å². The van der Waals surface area contributed by atoms with Gasteiger partial charge in [-0.3, -0.25) is 14.7 Å². The Hall–Kier alpha value is -2.89. The molecule has 0 amide bonds. The average molecular weight is 297 g/mol. The zero-order valence-electron chi connectivity index (χ0n) is 12.5. The fourth-order valence-electron chi connectivity index (χ4n) is 2.51. The van der Waals surface area contributed by atoms with Gasteiger partial charge < -0.3 is 4.52 Å². The van der Waals surface area contributed by atoms with Gasteiger partial charge in [0.05, 0.1) is 16.9 Å². The number of nitrogens with zero attached hydrogens (tertiary/aromatic N) is 2.